The molecule has 0 unspecified atom stereocenters. The predicted molar refractivity (Wildman–Crippen MR) is 110 cm³/mol. The zero-order chi connectivity index (χ0) is 20.6. The van der Waals surface area contributed by atoms with Gasteiger partial charge in [-0.05, 0) is 64.8 Å². The van der Waals surface area contributed by atoms with E-state index in [-0.39, 0.29) is 27.9 Å². The van der Waals surface area contributed by atoms with E-state index in [1.165, 1.54) is 0 Å². The Labute approximate surface area is 169 Å². The van der Waals surface area contributed by atoms with E-state index in [9.17, 15) is 13.2 Å². The number of quaternary nitrogens is 1. The Hall–Kier alpha value is -1.44. The van der Waals surface area contributed by atoms with Crippen LogP contribution in [-0.2, 0) is 10.0 Å². The van der Waals surface area contributed by atoms with Gasteiger partial charge in [-0.25, -0.2) is 8.42 Å². The standard InChI is InChI=1S/C21H33N3O3S/c1-20(2)14-17(15-21(3,4)23-20)22-19(25)16-8-10-18(11-9-16)28(26,27)24-12-6-5-7-13-24/h8-11,17,23H,5-7,12-15H2,1-4H3,(H,22,25)/p+1. The molecule has 6 nitrogen and oxygen atoms in total. The van der Waals surface area contributed by atoms with Crippen molar-refractivity contribution < 1.29 is 18.5 Å². The van der Waals surface area contributed by atoms with Crippen LogP contribution in [0.1, 0.15) is 70.2 Å². The average molecular weight is 409 g/mol. The van der Waals surface area contributed by atoms with Crippen LogP contribution in [0.3, 0.4) is 0 Å². The number of benzene rings is 1. The second-order valence-electron chi connectivity index (χ2n) is 9.69. The number of carbonyl (C=O) groups is 1. The van der Waals surface area contributed by atoms with Gasteiger partial charge in [0.05, 0.1) is 16.0 Å². The predicted octanol–water partition coefficient (Wildman–Crippen LogP) is 1.87. The van der Waals surface area contributed by atoms with Gasteiger partial charge in [-0.1, -0.05) is 6.42 Å². The Balaban J connectivity index is 1.68. The molecule has 1 aromatic rings. The summed E-state index contributed by atoms with van der Waals surface area (Å²) in [5.74, 6) is -0.138. The molecule has 0 aliphatic carbocycles. The van der Waals surface area contributed by atoms with Crippen molar-refractivity contribution in [1.82, 2.24) is 9.62 Å². The highest BCUT2D eigenvalue weighted by Gasteiger charge is 2.42. The third kappa shape index (κ3) is 4.93. The third-order valence-electron chi connectivity index (χ3n) is 5.73. The van der Waals surface area contributed by atoms with Crippen LogP contribution in [0.2, 0.25) is 0 Å². The first kappa shape index (κ1) is 21.3. The fraction of sp³-hybridized carbons (Fsp3) is 0.667. The van der Waals surface area contributed by atoms with E-state index < -0.39 is 10.0 Å². The molecular weight excluding hydrogens is 374 g/mol. The summed E-state index contributed by atoms with van der Waals surface area (Å²) in [7, 11) is -3.47. The molecule has 0 spiro atoms. The summed E-state index contributed by atoms with van der Waals surface area (Å²) < 4.78 is 27.1. The first-order valence-corrected chi connectivity index (χ1v) is 11.7. The largest absolute Gasteiger partial charge is 0.349 e. The lowest BCUT2D eigenvalue weighted by molar-refractivity contribution is -0.787. The number of amides is 1. The molecule has 1 amide bonds. The lowest BCUT2D eigenvalue weighted by Gasteiger charge is -2.43. The van der Waals surface area contributed by atoms with Crippen LogP contribution in [0, 0.1) is 0 Å². The Morgan fingerprint density at radius 1 is 1.00 bits per heavy atom. The van der Waals surface area contributed by atoms with Crippen LogP contribution in [0.4, 0.5) is 0 Å². The van der Waals surface area contributed by atoms with Crippen molar-refractivity contribution in [3.8, 4) is 0 Å². The topological polar surface area (TPSA) is 83.1 Å². The second kappa shape index (κ2) is 7.76. The van der Waals surface area contributed by atoms with Crippen LogP contribution in [-0.4, -0.2) is 48.8 Å². The highest BCUT2D eigenvalue weighted by Crippen LogP contribution is 2.23. The molecule has 0 atom stereocenters. The molecule has 3 N–H and O–H groups in total. The van der Waals surface area contributed by atoms with Crippen LogP contribution in [0.5, 0.6) is 0 Å². The first-order chi connectivity index (χ1) is 13.0. The molecular formula is C21H34N3O3S+. The Kier molecular flexibility index (Phi) is 5.90. The number of hydrogen-bond acceptors (Lipinski definition) is 3. The van der Waals surface area contributed by atoms with E-state index >= 15 is 0 Å². The minimum Gasteiger partial charge on any atom is -0.349 e. The molecule has 0 aromatic heterocycles. The van der Waals surface area contributed by atoms with Gasteiger partial charge in [0.25, 0.3) is 5.91 Å². The lowest BCUT2D eigenvalue weighted by atomic mass is 9.79. The maximum absolute atomic E-state index is 12.8. The van der Waals surface area contributed by atoms with Crippen molar-refractivity contribution in [2.24, 2.45) is 0 Å². The number of nitrogens with two attached hydrogens (primary N) is 1. The quantitative estimate of drug-likeness (QED) is 0.798. The summed E-state index contributed by atoms with van der Waals surface area (Å²) in [6, 6.07) is 6.47. The van der Waals surface area contributed by atoms with Crippen molar-refractivity contribution in [2.45, 2.75) is 81.8 Å². The van der Waals surface area contributed by atoms with E-state index in [2.05, 4.69) is 38.3 Å². The lowest BCUT2D eigenvalue weighted by Crippen LogP contribution is -3.06. The summed E-state index contributed by atoms with van der Waals surface area (Å²) >= 11 is 0. The zero-order valence-corrected chi connectivity index (χ0v) is 18.3. The van der Waals surface area contributed by atoms with Crippen LogP contribution >= 0.6 is 0 Å². The molecule has 2 saturated heterocycles. The number of sulfonamides is 1. The number of carbonyl (C=O) groups excluding carboxylic acids is 1. The fourth-order valence-corrected chi connectivity index (χ4v) is 6.44. The molecule has 2 aliphatic rings. The van der Waals surface area contributed by atoms with Gasteiger partial charge in [0.1, 0.15) is 0 Å². The summed E-state index contributed by atoms with van der Waals surface area (Å²) in [4.78, 5) is 13.0. The van der Waals surface area contributed by atoms with Crippen LogP contribution in [0.15, 0.2) is 29.2 Å². The maximum atomic E-state index is 12.8. The van der Waals surface area contributed by atoms with Gasteiger partial charge in [-0.2, -0.15) is 4.31 Å². The molecule has 28 heavy (non-hydrogen) atoms. The van der Waals surface area contributed by atoms with E-state index in [0.717, 1.165) is 32.1 Å². The van der Waals surface area contributed by atoms with Crippen molar-refractivity contribution >= 4 is 15.9 Å². The van der Waals surface area contributed by atoms with Crippen molar-refractivity contribution in [1.29, 1.82) is 0 Å². The maximum Gasteiger partial charge on any atom is 0.251 e. The van der Waals surface area contributed by atoms with Crippen molar-refractivity contribution in [3.63, 3.8) is 0 Å². The van der Waals surface area contributed by atoms with Gasteiger partial charge in [0.15, 0.2) is 0 Å². The summed E-state index contributed by atoms with van der Waals surface area (Å²) in [6.45, 7) is 9.96. The number of hydrogen-bond donors (Lipinski definition) is 2. The fourth-order valence-electron chi connectivity index (χ4n) is 4.92. The van der Waals surface area contributed by atoms with E-state index in [1.54, 1.807) is 28.6 Å². The number of piperidine rings is 2. The number of rotatable bonds is 4. The summed E-state index contributed by atoms with van der Waals surface area (Å²) in [5, 5.41) is 5.53. The Bertz CT molecular complexity index is 794. The van der Waals surface area contributed by atoms with Crippen LogP contribution < -0.4 is 10.6 Å². The Morgan fingerprint density at radius 2 is 1.54 bits per heavy atom. The van der Waals surface area contributed by atoms with Gasteiger partial charge in [-0.15, -0.1) is 0 Å². The highest BCUT2D eigenvalue weighted by molar-refractivity contribution is 7.89. The molecule has 3 rings (SSSR count). The Morgan fingerprint density at radius 3 is 2.07 bits per heavy atom. The molecule has 0 bridgehead atoms. The van der Waals surface area contributed by atoms with Gasteiger partial charge in [0.2, 0.25) is 10.0 Å². The summed E-state index contributed by atoms with van der Waals surface area (Å²) in [5.41, 5.74) is 0.653. The van der Waals surface area contributed by atoms with Gasteiger partial charge in [-0.3, -0.25) is 4.79 Å². The minimum atomic E-state index is -3.47. The average Bonchev–Trinajstić information content (AvgIpc) is 2.60. The van der Waals surface area contributed by atoms with E-state index in [1.807, 2.05) is 0 Å². The second-order valence-corrected chi connectivity index (χ2v) is 11.6. The first-order valence-electron chi connectivity index (χ1n) is 10.3. The number of nitrogens with zero attached hydrogens (tertiary/aromatic N) is 1. The normalized spacial score (nSPS) is 23.3. The zero-order valence-electron chi connectivity index (χ0n) is 17.5. The van der Waals surface area contributed by atoms with E-state index in [0.29, 0.717) is 18.7 Å². The SMILES string of the molecule is CC1(C)CC(NC(=O)c2ccc(S(=O)(=O)N3CCCCC3)cc2)CC(C)(C)[NH2+]1. The smallest absolute Gasteiger partial charge is 0.251 e. The molecule has 0 saturated carbocycles. The minimum absolute atomic E-state index is 0.0755. The molecule has 0 radical (unpaired) electrons. The summed E-state index contributed by atoms with van der Waals surface area (Å²) in [6.07, 6.45) is 4.71. The molecule has 2 heterocycles. The van der Waals surface area contributed by atoms with Crippen LogP contribution in [0.25, 0.3) is 0 Å². The van der Waals surface area contributed by atoms with Crippen molar-refractivity contribution in [3.05, 3.63) is 29.8 Å². The molecule has 2 aliphatic heterocycles. The molecule has 2 fully saturated rings. The van der Waals surface area contributed by atoms with Gasteiger partial charge >= 0.3 is 0 Å². The number of nitrogens with one attached hydrogen (secondary N) is 1. The molecule has 7 heteroatoms. The monoisotopic (exact) mass is 408 g/mol. The molecule has 156 valence electrons. The van der Waals surface area contributed by atoms with Gasteiger partial charge in [0, 0.05) is 37.5 Å². The molecule has 1 aromatic carbocycles. The highest BCUT2D eigenvalue weighted by atomic mass is 32.2. The van der Waals surface area contributed by atoms with Gasteiger partial charge < -0.3 is 10.6 Å². The third-order valence-corrected chi connectivity index (χ3v) is 7.64. The van der Waals surface area contributed by atoms with Crippen molar-refractivity contribution in [2.75, 3.05) is 13.1 Å². The van der Waals surface area contributed by atoms with E-state index in [4.69, 9.17) is 0 Å².